The van der Waals surface area contributed by atoms with E-state index in [0.29, 0.717) is 5.69 Å². The summed E-state index contributed by atoms with van der Waals surface area (Å²) in [6.45, 7) is 3.66. The summed E-state index contributed by atoms with van der Waals surface area (Å²) in [6.07, 6.45) is 1.05. The van der Waals surface area contributed by atoms with E-state index >= 15 is 0 Å². The maximum Gasteiger partial charge on any atom is 0.342 e. The molecule has 0 radical (unpaired) electrons. The van der Waals surface area contributed by atoms with Crippen LogP contribution < -0.4 is 11.2 Å². The van der Waals surface area contributed by atoms with Gasteiger partial charge in [-0.3, -0.25) is 14.3 Å². The summed E-state index contributed by atoms with van der Waals surface area (Å²) < 4.78 is 1.13. The van der Waals surface area contributed by atoms with Crippen molar-refractivity contribution in [2.75, 3.05) is 0 Å². The second-order valence-corrected chi connectivity index (χ2v) is 4.27. The Bertz CT molecular complexity index is 771. The van der Waals surface area contributed by atoms with Gasteiger partial charge in [-0.1, -0.05) is 12.1 Å². The summed E-state index contributed by atoms with van der Waals surface area (Å²) in [7, 11) is 0. The molecule has 1 heterocycles. The van der Waals surface area contributed by atoms with E-state index in [1.54, 1.807) is 13.0 Å². The Hall–Kier alpha value is -2.63. The van der Waals surface area contributed by atoms with Gasteiger partial charge in [0.05, 0.1) is 5.69 Å². The molecule has 0 fully saturated rings. The molecular formula is C13H12N2O4. The van der Waals surface area contributed by atoms with E-state index < -0.39 is 22.8 Å². The van der Waals surface area contributed by atoms with Gasteiger partial charge in [-0.25, -0.2) is 9.59 Å². The van der Waals surface area contributed by atoms with E-state index in [-0.39, 0.29) is 0 Å². The van der Waals surface area contributed by atoms with Crippen LogP contribution in [0.15, 0.2) is 34.0 Å². The summed E-state index contributed by atoms with van der Waals surface area (Å²) in [5, 5.41) is 8.92. The molecule has 6 nitrogen and oxygen atoms in total. The molecular weight excluding hydrogens is 248 g/mol. The van der Waals surface area contributed by atoms with Gasteiger partial charge in [0, 0.05) is 6.20 Å². The summed E-state index contributed by atoms with van der Waals surface area (Å²) >= 11 is 0. The van der Waals surface area contributed by atoms with Crippen LogP contribution in [0.4, 0.5) is 0 Å². The minimum atomic E-state index is -1.37. The van der Waals surface area contributed by atoms with E-state index in [1.807, 2.05) is 24.0 Å². The highest BCUT2D eigenvalue weighted by Crippen LogP contribution is 2.13. The van der Waals surface area contributed by atoms with E-state index in [4.69, 9.17) is 5.11 Å². The Morgan fingerprint density at radius 1 is 1.26 bits per heavy atom. The van der Waals surface area contributed by atoms with Crippen molar-refractivity contribution in [2.45, 2.75) is 13.8 Å². The van der Waals surface area contributed by atoms with Crippen LogP contribution in [0.5, 0.6) is 0 Å². The highest BCUT2D eigenvalue weighted by atomic mass is 16.4. The van der Waals surface area contributed by atoms with Crippen molar-refractivity contribution in [2.24, 2.45) is 0 Å². The SMILES string of the molecule is Cc1ccc(C)c(-n2cc(C(=O)O)c(=O)[nH]c2=O)c1. The van der Waals surface area contributed by atoms with Gasteiger partial charge in [0.2, 0.25) is 0 Å². The second kappa shape index (κ2) is 4.56. The molecule has 6 heteroatoms. The first-order valence-electron chi connectivity index (χ1n) is 5.57. The zero-order chi connectivity index (χ0) is 14.2. The molecule has 0 spiro atoms. The first kappa shape index (κ1) is 12.8. The first-order valence-corrected chi connectivity index (χ1v) is 5.57. The number of aromatic amines is 1. The molecule has 0 amide bonds. The average Bonchev–Trinajstić information content (AvgIpc) is 2.32. The number of hydrogen-bond donors (Lipinski definition) is 2. The normalized spacial score (nSPS) is 10.4. The number of hydrogen-bond acceptors (Lipinski definition) is 3. The number of nitrogens with one attached hydrogen (secondary N) is 1. The molecule has 2 aromatic rings. The molecule has 0 bridgehead atoms. The summed E-state index contributed by atoms with van der Waals surface area (Å²) in [6, 6.07) is 5.46. The topological polar surface area (TPSA) is 92.2 Å². The molecule has 0 saturated heterocycles. The summed E-state index contributed by atoms with van der Waals surface area (Å²) in [5.41, 5.74) is 0.235. The van der Waals surface area contributed by atoms with Gasteiger partial charge in [0.15, 0.2) is 0 Å². The van der Waals surface area contributed by atoms with E-state index in [0.717, 1.165) is 21.9 Å². The van der Waals surface area contributed by atoms with Crippen molar-refractivity contribution in [3.63, 3.8) is 0 Å². The van der Waals surface area contributed by atoms with Crippen molar-refractivity contribution in [3.8, 4) is 5.69 Å². The number of H-pyrrole nitrogens is 1. The van der Waals surface area contributed by atoms with Gasteiger partial charge in [-0.05, 0) is 31.0 Å². The fraction of sp³-hybridized carbons (Fsp3) is 0.154. The molecule has 0 aliphatic rings. The number of carboxylic acid groups (broad SMARTS) is 1. The maximum atomic E-state index is 11.8. The van der Waals surface area contributed by atoms with Crippen molar-refractivity contribution in [1.82, 2.24) is 9.55 Å². The average molecular weight is 260 g/mol. The molecule has 19 heavy (non-hydrogen) atoms. The van der Waals surface area contributed by atoms with Gasteiger partial charge in [-0.15, -0.1) is 0 Å². The third-order valence-electron chi connectivity index (χ3n) is 2.80. The number of carbonyl (C=O) groups is 1. The lowest BCUT2D eigenvalue weighted by Gasteiger charge is -2.10. The Kier molecular flexibility index (Phi) is 3.08. The zero-order valence-corrected chi connectivity index (χ0v) is 10.4. The molecule has 0 aliphatic heterocycles. The van der Waals surface area contributed by atoms with E-state index in [9.17, 15) is 14.4 Å². The molecule has 1 aromatic carbocycles. The molecule has 0 unspecified atom stereocenters. The fourth-order valence-corrected chi connectivity index (χ4v) is 1.78. The Morgan fingerprint density at radius 3 is 2.58 bits per heavy atom. The van der Waals surface area contributed by atoms with Crippen LogP contribution in [0.2, 0.25) is 0 Å². The number of nitrogens with zero attached hydrogens (tertiary/aromatic N) is 1. The number of rotatable bonds is 2. The fourth-order valence-electron chi connectivity index (χ4n) is 1.78. The first-order chi connectivity index (χ1) is 8.90. The number of carboxylic acids is 1. The van der Waals surface area contributed by atoms with Crippen LogP contribution in [0.3, 0.4) is 0 Å². The van der Waals surface area contributed by atoms with Gasteiger partial charge >= 0.3 is 11.7 Å². The van der Waals surface area contributed by atoms with Gasteiger partial charge < -0.3 is 5.11 Å². The van der Waals surface area contributed by atoms with Crippen LogP contribution in [-0.2, 0) is 0 Å². The van der Waals surface area contributed by atoms with Crippen molar-refractivity contribution >= 4 is 5.97 Å². The van der Waals surface area contributed by atoms with E-state index in [2.05, 4.69) is 0 Å². The highest BCUT2D eigenvalue weighted by molar-refractivity contribution is 5.86. The lowest BCUT2D eigenvalue weighted by atomic mass is 10.1. The number of aromatic nitrogens is 2. The van der Waals surface area contributed by atoms with Crippen LogP contribution in [0.1, 0.15) is 21.5 Å². The molecule has 98 valence electrons. The predicted molar refractivity (Wildman–Crippen MR) is 69.1 cm³/mol. The minimum Gasteiger partial charge on any atom is -0.477 e. The molecule has 0 atom stereocenters. The number of benzene rings is 1. The Balaban J connectivity index is 2.79. The smallest absolute Gasteiger partial charge is 0.342 e. The molecule has 0 saturated carbocycles. The van der Waals surface area contributed by atoms with Crippen LogP contribution in [-0.4, -0.2) is 20.6 Å². The largest absolute Gasteiger partial charge is 0.477 e. The zero-order valence-electron chi connectivity index (χ0n) is 10.4. The third kappa shape index (κ3) is 2.33. The molecule has 2 N–H and O–H groups in total. The molecule has 1 aromatic heterocycles. The van der Waals surface area contributed by atoms with Gasteiger partial charge in [0.1, 0.15) is 5.56 Å². The molecule has 2 rings (SSSR count). The summed E-state index contributed by atoms with van der Waals surface area (Å²) in [4.78, 5) is 36.1. The monoisotopic (exact) mass is 260 g/mol. The number of aryl methyl sites for hydroxylation is 2. The number of aromatic carboxylic acids is 1. The van der Waals surface area contributed by atoms with Crippen molar-refractivity contribution in [1.29, 1.82) is 0 Å². The van der Waals surface area contributed by atoms with Crippen molar-refractivity contribution < 1.29 is 9.90 Å². The van der Waals surface area contributed by atoms with E-state index in [1.165, 1.54) is 0 Å². The van der Waals surface area contributed by atoms with Crippen LogP contribution >= 0.6 is 0 Å². The van der Waals surface area contributed by atoms with Crippen LogP contribution in [0.25, 0.3) is 5.69 Å². The van der Waals surface area contributed by atoms with Gasteiger partial charge in [-0.2, -0.15) is 0 Å². The summed E-state index contributed by atoms with van der Waals surface area (Å²) in [5.74, 6) is -1.37. The van der Waals surface area contributed by atoms with Gasteiger partial charge in [0.25, 0.3) is 5.56 Å². The quantitative estimate of drug-likeness (QED) is 0.836. The van der Waals surface area contributed by atoms with Crippen LogP contribution in [0, 0.1) is 13.8 Å². The highest BCUT2D eigenvalue weighted by Gasteiger charge is 2.13. The lowest BCUT2D eigenvalue weighted by molar-refractivity contribution is 0.0694. The minimum absolute atomic E-state index is 0.472. The Labute approximate surface area is 108 Å². The Morgan fingerprint density at radius 2 is 1.95 bits per heavy atom. The lowest BCUT2D eigenvalue weighted by Crippen LogP contribution is -2.32. The molecule has 0 aliphatic carbocycles. The van der Waals surface area contributed by atoms with Crippen molar-refractivity contribution in [3.05, 3.63) is 61.9 Å². The maximum absolute atomic E-state index is 11.8. The predicted octanol–water partition coefficient (Wildman–Crippen LogP) is 0.841. The standard InChI is InChI=1S/C13H12N2O4/c1-7-3-4-8(2)10(5-7)15-6-9(12(17)18)11(16)14-13(15)19/h3-6H,1-2H3,(H,17,18)(H,14,16,19). The second-order valence-electron chi connectivity index (χ2n) is 4.27. The third-order valence-corrected chi connectivity index (χ3v) is 2.80.